The van der Waals surface area contributed by atoms with Crippen LogP contribution in [0.5, 0.6) is 5.75 Å². The summed E-state index contributed by atoms with van der Waals surface area (Å²) in [5, 5.41) is 14.2. The summed E-state index contributed by atoms with van der Waals surface area (Å²) in [5.41, 5.74) is 1.77. The fourth-order valence-corrected chi connectivity index (χ4v) is 6.10. The van der Waals surface area contributed by atoms with E-state index in [2.05, 4.69) is 66.2 Å². The first kappa shape index (κ1) is 27.7. The molecule has 0 atom stereocenters. The van der Waals surface area contributed by atoms with Gasteiger partial charge in [0.05, 0.1) is 29.8 Å². The lowest BCUT2D eigenvalue weighted by Crippen LogP contribution is -2.29. The second-order valence-corrected chi connectivity index (χ2v) is 12.6. The SMILES string of the molecule is CC(C)(C)c1nc2ccc(Br)cc2c(=O)n1N=Cc1cc(I)c(OCc2cccc(C(=O)O)c2)c(I)c1. The van der Waals surface area contributed by atoms with Gasteiger partial charge in [0.2, 0.25) is 0 Å². The third-order valence-electron chi connectivity index (χ3n) is 5.38. The van der Waals surface area contributed by atoms with E-state index in [1.54, 1.807) is 30.5 Å². The number of carboxylic acid groups (broad SMARTS) is 1. The number of fused-ring (bicyclic) bond motifs is 1. The van der Waals surface area contributed by atoms with E-state index in [4.69, 9.17) is 9.72 Å². The van der Waals surface area contributed by atoms with Crippen molar-refractivity contribution < 1.29 is 14.6 Å². The van der Waals surface area contributed by atoms with Gasteiger partial charge in [0, 0.05) is 9.89 Å². The average molecular weight is 786 g/mol. The summed E-state index contributed by atoms with van der Waals surface area (Å²) >= 11 is 7.82. The maximum atomic E-state index is 13.4. The van der Waals surface area contributed by atoms with Crippen molar-refractivity contribution in [3.05, 3.63) is 99.1 Å². The van der Waals surface area contributed by atoms with Gasteiger partial charge in [-0.15, -0.1) is 0 Å². The predicted molar refractivity (Wildman–Crippen MR) is 165 cm³/mol. The van der Waals surface area contributed by atoms with E-state index in [1.807, 2.05) is 51.1 Å². The van der Waals surface area contributed by atoms with Crippen LogP contribution in [0.4, 0.5) is 0 Å². The quantitative estimate of drug-likeness (QED) is 0.171. The Morgan fingerprint density at radius 2 is 1.84 bits per heavy atom. The van der Waals surface area contributed by atoms with Gasteiger partial charge in [-0.1, -0.05) is 48.8 Å². The number of halogens is 3. The molecule has 0 aliphatic carbocycles. The summed E-state index contributed by atoms with van der Waals surface area (Å²) in [6, 6.07) is 16.0. The van der Waals surface area contributed by atoms with Crippen LogP contribution in [0, 0.1) is 7.14 Å². The molecule has 0 unspecified atom stereocenters. The predicted octanol–water partition coefficient (Wildman–Crippen LogP) is 6.83. The Balaban J connectivity index is 1.66. The summed E-state index contributed by atoms with van der Waals surface area (Å²) < 4.78 is 9.92. The number of carboxylic acids is 1. The zero-order valence-electron chi connectivity index (χ0n) is 20.1. The number of ether oxygens (including phenoxy) is 1. The molecular weight excluding hydrogens is 764 g/mol. The van der Waals surface area contributed by atoms with Crippen LogP contribution in [-0.2, 0) is 12.0 Å². The largest absolute Gasteiger partial charge is 0.487 e. The molecule has 7 nitrogen and oxygen atoms in total. The van der Waals surface area contributed by atoms with Gasteiger partial charge in [-0.25, -0.2) is 9.78 Å². The van der Waals surface area contributed by atoms with Crippen LogP contribution in [0.1, 0.15) is 48.1 Å². The van der Waals surface area contributed by atoms with Crippen molar-refractivity contribution in [3.8, 4) is 5.75 Å². The number of hydrogen-bond acceptors (Lipinski definition) is 5. The summed E-state index contributed by atoms with van der Waals surface area (Å²) in [7, 11) is 0. The van der Waals surface area contributed by atoms with Gasteiger partial charge in [-0.05, 0) is 98.8 Å². The van der Waals surface area contributed by atoms with Crippen molar-refractivity contribution in [2.75, 3.05) is 0 Å². The van der Waals surface area contributed by atoms with Gasteiger partial charge >= 0.3 is 5.97 Å². The minimum atomic E-state index is -0.974. The first-order chi connectivity index (χ1) is 17.4. The molecule has 0 aliphatic heterocycles. The van der Waals surface area contributed by atoms with Gasteiger partial charge in [0.25, 0.3) is 5.56 Å². The molecule has 0 fully saturated rings. The highest BCUT2D eigenvalue weighted by Crippen LogP contribution is 2.30. The zero-order chi connectivity index (χ0) is 26.9. The molecule has 0 spiro atoms. The van der Waals surface area contributed by atoms with Crippen molar-refractivity contribution in [2.24, 2.45) is 5.10 Å². The lowest BCUT2D eigenvalue weighted by Gasteiger charge is -2.21. The first-order valence-corrected chi connectivity index (χ1v) is 14.1. The van der Waals surface area contributed by atoms with Crippen LogP contribution in [-0.4, -0.2) is 27.0 Å². The smallest absolute Gasteiger partial charge is 0.335 e. The van der Waals surface area contributed by atoms with Gasteiger partial charge in [-0.3, -0.25) is 4.79 Å². The summed E-state index contributed by atoms with van der Waals surface area (Å²) in [6.07, 6.45) is 1.65. The van der Waals surface area contributed by atoms with E-state index in [0.717, 1.165) is 22.7 Å². The van der Waals surface area contributed by atoms with E-state index in [1.165, 1.54) is 4.68 Å². The number of rotatable bonds is 6. The van der Waals surface area contributed by atoms with Crippen molar-refractivity contribution in [1.82, 2.24) is 9.66 Å². The van der Waals surface area contributed by atoms with Crippen LogP contribution in [0.2, 0.25) is 0 Å². The maximum absolute atomic E-state index is 13.4. The molecule has 4 aromatic rings. The van der Waals surface area contributed by atoms with E-state index in [9.17, 15) is 14.7 Å². The number of carbonyl (C=O) groups is 1. The van der Waals surface area contributed by atoms with Crippen LogP contribution < -0.4 is 10.3 Å². The monoisotopic (exact) mass is 785 g/mol. The van der Waals surface area contributed by atoms with Gasteiger partial charge in [0.15, 0.2) is 0 Å². The molecule has 1 N–H and O–H groups in total. The number of benzene rings is 3. The second-order valence-electron chi connectivity index (χ2n) is 9.32. The number of aromatic nitrogens is 2. The third kappa shape index (κ3) is 6.40. The molecular formula is C27H22BrI2N3O4. The number of hydrogen-bond donors (Lipinski definition) is 1. The Morgan fingerprint density at radius 3 is 2.49 bits per heavy atom. The molecule has 1 heterocycles. The Kier molecular flexibility index (Phi) is 8.38. The highest BCUT2D eigenvalue weighted by Gasteiger charge is 2.23. The van der Waals surface area contributed by atoms with Crippen LogP contribution in [0.15, 0.2) is 69.0 Å². The topological polar surface area (TPSA) is 93.8 Å². The first-order valence-electron chi connectivity index (χ1n) is 11.2. The Morgan fingerprint density at radius 1 is 1.14 bits per heavy atom. The lowest BCUT2D eigenvalue weighted by molar-refractivity contribution is 0.0696. The van der Waals surface area contributed by atoms with Crippen molar-refractivity contribution in [2.45, 2.75) is 32.8 Å². The second kappa shape index (κ2) is 11.2. The van der Waals surface area contributed by atoms with Crippen molar-refractivity contribution >= 4 is 84.2 Å². The fraction of sp³-hybridized carbons (Fsp3) is 0.185. The van der Waals surface area contributed by atoms with Crippen molar-refractivity contribution in [1.29, 1.82) is 0 Å². The maximum Gasteiger partial charge on any atom is 0.335 e. The molecule has 190 valence electrons. The Bertz CT molecular complexity index is 1590. The van der Waals surface area contributed by atoms with Crippen LogP contribution in [0.25, 0.3) is 10.9 Å². The van der Waals surface area contributed by atoms with E-state index in [0.29, 0.717) is 22.5 Å². The summed E-state index contributed by atoms with van der Waals surface area (Å²) in [5.74, 6) is 0.290. The average Bonchev–Trinajstić information content (AvgIpc) is 2.82. The zero-order valence-corrected chi connectivity index (χ0v) is 26.0. The van der Waals surface area contributed by atoms with Crippen molar-refractivity contribution in [3.63, 3.8) is 0 Å². The van der Waals surface area contributed by atoms with Gasteiger partial charge in [0.1, 0.15) is 18.2 Å². The molecule has 3 aromatic carbocycles. The molecule has 0 saturated heterocycles. The highest BCUT2D eigenvalue weighted by molar-refractivity contribution is 14.1. The molecule has 0 amide bonds. The number of nitrogens with zero attached hydrogens (tertiary/aromatic N) is 3. The minimum Gasteiger partial charge on any atom is -0.487 e. The summed E-state index contributed by atoms with van der Waals surface area (Å²) in [4.78, 5) is 29.4. The highest BCUT2D eigenvalue weighted by atomic mass is 127. The molecule has 37 heavy (non-hydrogen) atoms. The molecule has 4 rings (SSSR count). The molecule has 0 aliphatic rings. The minimum absolute atomic E-state index is 0.220. The van der Waals surface area contributed by atoms with Crippen LogP contribution >= 0.6 is 61.1 Å². The van der Waals surface area contributed by atoms with E-state index >= 15 is 0 Å². The fourth-order valence-electron chi connectivity index (χ4n) is 3.61. The molecule has 1 aromatic heterocycles. The molecule has 0 saturated carbocycles. The third-order valence-corrected chi connectivity index (χ3v) is 7.48. The Hall–Kier alpha value is -2.32. The normalized spacial score (nSPS) is 11.8. The number of aromatic carboxylic acids is 1. The Labute approximate surface area is 249 Å². The lowest BCUT2D eigenvalue weighted by atomic mass is 9.95. The van der Waals surface area contributed by atoms with Crippen LogP contribution in [0.3, 0.4) is 0 Å². The summed E-state index contributed by atoms with van der Waals surface area (Å²) in [6.45, 7) is 6.23. The van der Waals surface area contributed by atoms with Gasteiger partial charge < -0.3 is 9.84 Å². The molecule has 0 radical (unpaired) electrons. The van der Waals surface area contributed by atoms with E-state index in [-0.39, 0.29) is 17.7 Å². The standard InChI is InChI=1S/C27H22BrI2N3O4/c1-27(2,3)26-32-22-8-7-18(28)12-19(22)24(34)33(26)31-13-16-10-20(29)23(21(30)11-16)37-14-15-5-4-6-17(9-15)25(35)36/h4-13H,14H2,1-3H3,(H,35,36). The van der Waals surface area contributed by atoms with E-state index < -0.39 is 11.4 Å². The molecule has 0 bridgehead atoms. The van der Waals surface area contributed by atoms with Gasteiger partial charge in [-0.2, -0.15) is 9.78 Å². The molecule has 10 heteroatoms.